The average molecular weight is 345 g/mol. The van der Waals surface area contributed by atoms with Gasteiger partial charge in [-0.3, -0.25) is 4.79 Å². The van der Waals surface area contributed by atoms with Crippen LogP contribution >= 0.6 is 0 Å². The van der Waals surface area contributed by atoms with Crippen molar-refractivity contribution in [2.45, 2.75) is 44.6 Å². The number of benzene rings is 1. The van der Waals surface area contributed by atoms with Crippen molar-refractivity contribution in [1.82, 2.24) is 14.9 Å². The van der Waals surface area contributed by atoms with E-state index in [2.05, 4.69) is 14.9 Å². The summed E-state index contributed by atoms with van der Waals surface area (Å²) in [7, 11) is 0. The number of hydrogen-bond donors (Lipinski definition) is 2. The molecule has 0 unspecified atom stereocenters. The number of carbonyl (C=O) groups is 1. The second kappa shape index (κ2) is 6.75. The first-order valence-electron chi connectivity index (χ1n) is 9.18. The highest BCUT2D eigenvalue weighted by atomic mass is 19.1. The zero-order valence-electron chi connectivity index (χ0n) is 14.2. The number of rotatable bonds is 5. The quantitative estimate of drug-likeness (QED) is 0.873. The van der Waals surface area contributed by atoms with Crippen LogP contribution in [0.3, 0.4) is 0 Å². The standard InChI is InChI=1S/C19H24FN3O2/c20-14-4-5-16-17(10-14)22-18(21-16)8-13-11-23(15-2-1-3-15)7-6-12(13)9-19(24)25/h4-5,10,12-13,15H,1-3,6-9,11H2,(H,21,22)(H,24,25)/t12-,13-/m0/s1. The molecule has 5 nitrogen and oxygen atoms in total. The SMILES string of the molecule is O=C(O)C[C@@H]1CCN(C2CCC2)C[C@@H]1Cc1nc2ccc(F)cc2[nH]1. The summed E-state index contributed by atoms with van der Waals surface area (Å²) in [5.41, 5.74) is 1.47. The molecule has 0 radical (unpaired) electrons. The van der Waals surface area contributed by atoms with E-state index in [0.717, 1.165) is 37.3 Å². The van der Waals surface area contributed by atoms with Crippen LogP contribution in [-0.4, -0.2) is 45.1 Å². The number of likely N-dealkylation sites (tertiary alicyclic amines) is 1. The van der Waals surface area contributed by atoms with Crippen molar-refractivity contribution in [2.75, 3.05) is 13.1 Å². The minimum absolute atomic E-state index is 0.179. The van der Waals surface area contributed by atoms with Crippen molar-refractivity contribution in [3.63, 3.8) is 0 Å². The number of nitrogens with one attached hydrogen (secondary N) is 1. The predicted octanol–water partition coefficient (Wildman–Crippen LogP) is 3.21. The van der Waals surface area contributed by atoms with Crippen LogP contribution in [0.4, 0.5) is 4.39 Å². The lowest BCUT2D eigenvalue weighted by molar-refractivity contribution is -0.139. The zero-order valence-corrected chi connectivity index (χ0v) is 14.2. The Balaban J connectivity index is 1.52. The van der Waals surface area contributed by atoms with E-state index in [4.69, 9.17) is 0 Å². The first-order valence-corrected chi connectivity index (χ1v) is 9.18. The third kappa shape index (κ3) is 3.54. The first kappa shape index (κ1) is 16.5. The molecule has 2 fully saturated rings. The van der Waals surface area contributed by atoms with E-state index in [1.54, 1.807) is 6.07 Å². The minimum Gasteiger partial charge on any atom is -0.481 e. The summed E-state index contributed by atoms with van der Waals surface area (Å²) in [4.78, 5) is 21.6. The number of carboxylic acid groups (broad SMARTS) is 1. The summed E-state index contributed by atoms with van der Waals surface area (Å²) >= 11 is 0. The van der Waals surface area contributed by atoms with E-state index >= 15 is 0 Å². The molecule has 2 atom stereocenters. The van der Waals surface area contributed by atoms with Crippen molar-refractivity contribution >= 4 is 17.0 Å². The van der Waals surface area contributed by atoms with Gasteiger partial charge < -0.3 is 15.0 Å². The summed E-state index contributed by atoms with van der Waals surface area (Å²) in [6.07, 6.45) is 5.71. The lowest BCUT2D eigenvalue weighted by atomic mass is 9.79. The third-order valence-corrected chi connectivity index (χ3v) is 5.90. The Labute approximate surface area is 146 Å². The Hall–Kier alpha value is -1.95. The van der Waals surface area contributed by atoms with Crippen molar-refractivity contribution in [3.8, 4) is 0 Å². The topological polar surface area (TPSA) is 69.2 Å². The molecule has 6 heteroatoms. The normalized spacial score (nSPS) is 25.2. The number of aromatic nitrogens is 2. The van der Waals surface area contributed by atoms with Crippen LogP contribution in [0.2, 0.25) is 0 Å². The number of H-pyrrole nitrogens is 1. The maximum Gasteiger partial charge on any atom is 0.303 e. The minimum atomic E-state index is -0.723. The van der Waals surface area contributed by atoms with E-state index in [9.17, 15) is 14.3 Å². The fourth-order valence-corrected chi connectivity index (χ4v) is 4.30. The maximum atomic E-state index is 13.4. The Bertz CT molecular complexity index is 771. The van der Waals surface area contributed by atoms with Crippen LogP contribution in [0.1, 0.15) is 37.9 Å². The largest absolute Gasteiger partial charge is 0.481 e. The van der Waals surface area contributed by atoms with Crippen LogP contribution in [0.15, 0.2) is 18.2 Å². The Morgan fingerprint density at radius 1 is 1.32 bits per heavy atom. The van der Waals surface area contributed by atoms with Crippen molar-refractivity contribution in [2.24, 2.45) is 11.8 Å². The Morgan fingerprint density at radius 3 is 2.88 bits per heavy atom. The first-order chi connectivity index (χ1) is 12.1. The highest BCUT2D eigenvalue weighted by Crippen LogP contribution is 2.34. The second-order valence-electron chi connectivity index (χ2n) is 7.54. The van der Waals surface area contributed by atoms with Crippen LogP contribution in [-0.2, 0) is 11.2 Å². The number of imidazole rings is 1. The number of piperidine rings is 1. The van der Waals surface area contributed by atoms with Gasteiger partial charge in [0.25, 0.3) is 0 Å². The van der Waals surface area contributed by atoms with Gasteiger partial charge in [-0.2, -0.15) is 0 Å². The number of carboxylic acids is 1. The van der Waals surface area contributed by atoms with Crippen molar-refractivity contribution in [3.05, 3.63) is 29.8 Å². The lowest BCUT2D eigenvalue weighted by Crippen LogP contribution is -2.49. The molecular weight excluding hydrogens is 321 g/mol. The Morgan fingerprint density at radius 2 is 2.16 bits per heavy atom. The molecule has 2 N–H and O–H groups in total. The van der Waals surface area contributed by atoms with Crippen molar-refractivity contribution in [1.29, 1.82) is 0 Å². The molecule has 1 aromatic heterocycles. The van der Waals surface area contributed by atoms with Gasteiger partial charge in [0.1, 0.15) is 11.6 Å². The molecule has 1 aliphatic carbocycles. The van der Waals surface area contributed by atoms with Gasteiger partial charge in [-0.15, -0.1) is 0 Å². The average Bonchev–Trinajstić information content (AvgIpc) is 2.89. The van der Waals surface area contributed by atoms with Gasteiger partial charge >= 0.3 is 5.97 Å². The van der Waals surface area contributed by atoms with Gasteiger partial charge in [0, 0.05) is 25.4 Å². The van der Waals surface area contributed by atoms with Gasteiger partial charge in [0.2, 0.25) is 0 Å². The number of hydrogen-bond acceptors (Lipinski definition) is 3. The molecule has 0 spiro atoms. The van der Waals surface area contributed by atoms with E-state index in [1.165, 1.54) is 31.4 Å². The lowest BCUT2D eigenvalue weighted by Gasteiger charge is -2.45. The number of halogens is 1. The molecular formula is C19H24FN3O2. The number of aliphatic carboxylic acids is 1. The molecule has 0 amide bonds. The molecule has 134 valence electrons. The van der Waals surface area contributed by atoms with Crippen LogP contribution in [0.5, 0.6) is 0 Å². The summed E-state index contributed by atoms with van der Waals surface area (Å²) in [5, 5.41) is 9.25. The molecule has 0 bridgehead atoms. The van der Waals surface area contributed by atoms with Crippen LogP contribution in [0, 0.1) is 17.7 Å². The Kier molecular flexibility index (Phi) is 4.46. The van der Waals surface area contributed by atoms with Crippen LogP contribution < -0.4 is 0 Å². The van der Waals surface area contributed by atoms with Gasteiger partial charge in [0.15, 0.2) is 0 Å². The molecule has 2 aliphatic rings. The molecule has 2 heterocycles. The molecule has 1 aromatic carbocycles. The van der Waals surface area contributed by atoms with Gasteiger partial charge in [0.05, 0.1) is 11.0 Å². The number of aromatic amines is 1. The maximum absolute atomic E-state index is 13.4. The second-order valence-corrected chi connectivity index (χ2v) is 7.54. The smallest absolute Gasteiger partial charge is 0.303 e. The fourth-order valence-electron chi connectivity index (χ4n) is 4.30. The van der Waals surface area contributed by atoms with Gasteiger partial charge in [-0.1, -0.05) is 6.42 Å². The zero-order chi connectivity index (χ0) is 17.4. The summed E-state index contributed by atoms with van der Waals surface area (Å²) < 4.78 is 13.4. The molecule has 1 aliphatic heterocycles. The van der Waals surface area contributed by atoms with Crippen LogP contribution in [0.25, 0.3) is 11.0 Å². The number of fused-ring (bicyclic) bond motifs is 1. The van der Waals surface area contributed by atoms with E-state index < -0.39 is 5.97 Å². The highest BCUT2D eigenvalue weighted by Gasteiger charge is 2.35. The molecule has 1 saturated carbocycles. The van der Waals surface area contributed by atoms with E-state index in [1.807, 2.05) is 0 Å². The molecule has 4 rings (SSSR count). The monoisotopic (exact) mass is 345 g/mol. The van der Waals surface area contributed by atoms with E-state index in [0.29, 0.717) is 11.6 Å². The van der Waals surface area contributed by atoms with Gasteiger partial charge in [-0.25, -0.2) is 9.37 Å². The molecule has 2 aromatic rings. The fraction of sp³-hybridized carbons (Fsp3) is 0.579. The molecule has 1 saturated heterocycles. The summed E-state index contributed by atoms with van der Waals surface area (Å²) in [5.74, 6) is 0.283. The summed E-state index contributed by atoms with van der Waals surface area (Å²) in [6.45, 7) is 1.94. The summed E-state index contributed by atoms with van der Waals surface area (Å²) in [6, 6.07) is 5.24. The van der Waals surface area contributed by atoms with Crippen molar-refractivity contribution < 1.29 is 14.3 Å². The number of nitrogens with zero attached hydrogens (tertiary/aromatic N) is 2. The third-order valence-electron chi connectivity index (χ3n) is 5.90. The highest BCUT2D eigenvalue weighted by molar-refractivity contribution is 5.74. The van der Waals surface area contributed by atoms with E-state index in [-0.39, 0.29) is 24.1 Å². The van der Waals surface area contributed by atoms with Gasteiger partial charge in [-0.05, 0) is 55.8 Å². The predicted molar refractivity (Wildman–Crippen MR) is 92.8 cm³/mol. The molecule has 25 heavy (non-hydrogen) atoms.